The molecule has 202 valence electrons. The molecule has 0 saturated heterocycles. The molecule has 2 aromatic carbocycles. The Hall–Kier alpha value is -4.08. The number of nitrogens with two attached hydrogens (primary N) is 1. The minimum Gasteiger partial charge on any atom is -0.496 e. The molecule has 3 heterocycles. The third-order valence-corrected chi connectivity index (χ3v) is 7.10. The number of benzene rings is 2. The van der Waals surface area contributed by atoms with Gasteiger partial charge in [-0.25, -0.2) is 4.98 Å². The van der Waals surface area contributed by atoms with Crippen LogP contribution in [0.3, 0.4) is 0 Å². The van der Waals surface area contributed by atoms with Crippen molar-refractivity contribution in [1.29, 1.82) is 0 Å². The maximum Gasteiger partial charge on any atom is 0.261 e. The standard InChI is InChI=1S/C30H32N4O5/c1-17-6-8-19(9-7-17)26-27-22(29(3,31)16-38-27)15-25(33-26)30(4,36)13-12-23(35)20-10-11-21(24(14-20)37-5)28-32-18(2)34-39-28/h6-11,14-15,36H,12-13,16,31H2,1-5H3. The number of rotatable bonds is 8. The first kappa shape index (κ1) is 26.5. The zero-order valence-electron chi connectivity index (χ0n) is 22.7. The van der Waals surface area contributed by atoms with E-state index < -0.39 is 11.1 Å². The van der Waals surface area contributed by atoms with Gasteiger partial charge in [-0.3, -0.25) is 4.79 Å². The summed E-state index contributed by atoms with van der Waals surface area (Å²) in [6.45, 7) is 7.62. The predicted octanol–water partition coefficient (Wildman–Crippen LogP) is 4.86. The Kier molecular flexibility index (Phi) is 6.74. The number of hydrogen-bond donors (Lipinski definition) is 2. The summed E-state index contributed by atoms with van der Waals surface area (Å²) >= 11 is 0. The van der Waals surface area contributed by atoms with Crippen LogP contribution in [0.2, 0.25) is 0 Å². The van der Waals surface area contributed by atoms with Crippen LogP contribution in [0.4, 0.5) is 0 Å². The highest BCUT2D eigenvalue weighted by atomic mass is 16.5. The van der Waals surface area contributed by atoms with Gasteiger partial charge in [-0.1, -0.05) is 41.1 Å². The fourth-order valence-corrected chi connectivity index (χ4v) is 4.66. The number of hydrogen-bond acceptors (Lipinski definition) is 9. The number of aromatic nitrogens is 3. The highest BCUT2D eigenvalue weighted by Crippen LogP contribution is 2.44. The number of aliphatic hydroxyl groups is 1. The summed E-state index contributed by atoms with van der Waals surface area (Å²) in [7, 11) is 1.52. The summed E-state index contributed by atoms with van der Waals surface area (Å²) in [6, 6.07) is 14.8. The molecule has 0 aliphatic carbocycles. The number of nitrogens with zero attached hydrogens (tertiary/aromatic N) is 3. The number of ether oxygens (including phenoxy) is 2. The molecule has 1 aliphatic heterocycles. The van der Waals surface area contributed by atoms with Gasteiger partial charge in [0.05, 0.1) is 23.9 Å². The third-order valence-electron chi connectivity index (χ3n) is 7.10. The maximum atomic E-state index is 13.2. The van der Waals surface area contributed by atoms with Crippen molar-refractivity contribution in [3.63, 3.8) is 0 Å². The molecule has 5 rings (SSSR count). The van der Waals surface area contributed by atoms with E-state index in [4.69, 9.17) is 24.7 Å². The average Bonchev–Trinajstić information content (AvgIpc) is 3.49. The lowest BCUT2D eigenvalue weighted by molar-refractivity contribution is 0.0396. The second kappa shape index (κ2) is 9.91. The fraction of sp³-hybridized carbons (Fsp3) is 0.333. The van der Waals surface area contributed by atoms with Crippen LogP contribution in [0, 0.1) is 13.8 Å². The van der Waals surface area contributed by atoms with E-state index in [0.717, 1.165) is 16.7 Å². The zero-order chi connectivity index (χ0) is 27.9. The number of pyridine rings is 1. The lowest BCUT2D eigenvalue weighted by atomic mass is 9.88. The molecule has 0 bridgehead atoms. The van der Waals surface area contributed by atoms with Gasteiger partial charge in [-0.05, 0) is 52.3 Å². The van der Waals surface area contributed by atoms with Gasteiger partial charge in [-0.15, -0.1) is 0 Å². The quantitative estimate of drug-likeness (QED) is 0.307. The summed E-state index contributed by atoms with van der Waals surface area (Å²) < 4.78 is 16.7. The van der Waals surface area contributed by atoms with Gasteiger partial charge in [0.15, 0.2) is 17.4 Å². The van der Waals surface area contributed by atoms with Crippen molar-refractivity contribution in [2.45, 2.75) is 51.7 Å². The Bertz CT molecular complexity index is 1540. The van der Waals surface area contributed by atoms with Crippen LogP contribution in [0.1, 0.15) is 59.7 Å². The first-order chi connectivity index (χ1) is 18.5. The van der Waals surface area contributed by atoms with Crippen molar-refractivity contribution in [3.8, 4) is 34.2 Å². The highest BCUT2D eigenvalue weighted by molar-refractivity contribution is 5.97. The summed E-state index contributed by atoms with van der Waals surface area (Å²) in [5.41, 5.74) is 9.30. The second-order valence-corrected chi connectivity index (χ2v) is 10.6. The van der Waals surface area contributed by atoms with Gasteiger partial charge in [0.25, 0.3) is 5.89 Å². The van der Waals surface area contributed by atoms with E-state index in [1.807, 2.05) is 38.1 Å². The van der Waals surface area contributed by atoms with Crippen LogP contribution in [0.15, 0.2) is 53.1 Å². The molecule has 39 heavy (non-hydrogen) atoms. The number of carbonyl (C=O) groups is 1. The average molecular weight is 529 g/mol. The molecule has 2 unspecified atom stereocenters. The Morgan fingerprint density at radius 3 is 2.56 bits per heavy atom. The molecule has 9 nitrogen and oxygen atoms in total. The number of ketones is 1. The Labute approximate surface area is 227 Å². The Morgan fingerprint density at radius 1 is 1.15 bits per heavy atom. The van der Waals surface area contributed by atoms with Gasteiger partial charge in [0, 0.05) is 23.1 Å². The van der Waals surface area contributed by atoms with E-state index in [-0.39, 0.29) is 18.6 Å². The minimum atomic E-state index is -1.39. The van der Waals surface area contributed by atoms with Crippen molar-refractivity contribution in [1.82, 2.24) is 15.1 Å². The van der Waals surface area contributed by atoms with Gasteiger partial charge in [-0.2, -0.15) is 4.98 Å². The smallest absolute Gasteiger partial charge is 0.261 e. The van der Waals surface area contributed by atoms with Gasteiger partial charge in [0.1, 0.15) is 23.7 Å². The molecule has 2 aromatic heterocycles. The van der Waals surface area contributed by atoms with Crippen molar-refractivity contribution >= 4 is 5.78 Å². The number of aryl methyl sites for hydroxylation is 2. The molecule has 2 atom stereocenters. The van der Waals surface area contributed by atoms with Gasteiger partial charge < -0.3 is 24.8 Å². The van der Waals surface area contributed by atoms with E-state index in [1.54, 1.807) is 38.1 Å². The van der Waals surface area contributed by atoms with Crippen molar-refractivity contribution in [2.24, 2.45) is 5.73 Å². The minimum absolute atomic E-state index is 0.0875. The molecule has 4 aromatic rings. The molecule has 3 N–H and O–H groups in total. The number of Topliss-reactive ketones (excluding diaryl/α,β-unsaturated/α-hetero) is 1. The summed E-state index contributed by atoms with van der Waals surface area (Å²) in [5, 5.41) is 15.4. The van der Waals surface area contributed by atoms with Crippen LogP contribution >= 0.6 is 0 Å². The van der Waals surface area contributed by atoms with Crippen LogP contribution in [0.5, 0.6) is 11.5 Å². The summed E-state index contributed by atoms with van der Waals surface area (Å²) in [6.07, 6.45) is 0.240. The Morgan fingerprint density at radius 2 is 1.90 bits per heavy atom. The van der Waals surface area contributed by atoms with Gasteiger partial charge >= 0.3 is 0 Å². The molecular weight excluding hydrogens is 496 g/mol. The summed E-state index contributed by atoms with van der Waals surface area (Å²) in [4.78, 5) is 22.2. The van der Waals surface area contributed by atoms with Crippen LogP contribution in [0.25, 0.3) is 22.7 Å². The second-order valence-electron chi connectivity index (χ2n) is 10.6. The largest absolute Gasteiger partial charge is 0.496 e. The Balaban J connectivity index is 1.41. The van der Waals surface area contributed by atoms with Gasteiger partial charge in [0.2, 0.25) is 0 Å². The highest BCUT2D eigenvalue weighted by Gasteiger charge is 2.38. The third kappa shape index (κ3) is 5.15. The lowest BCUT2D eigenvalue weighted by Gasteiger charge is -2.25. The molecule has 1 aliphatic rings. The van der Waals surface area contributed by atoms with E-state index in [0.29, 0.717) is 52.3 Å². The van der Waals surface area contributed by atoms with E-state index >= 15 is 0 Å². The van der Waals surface area contributed by atoms with Crippen LogP contribution in [-0.4, -0.2) is 39.7 Å². The number of carbonyl (C=O) groups excluding carboxylic acids is 1. The van der Waals surface area contributed by atoms with E-state index in [2.05, 4.69) is 10.1 Å². The van der Waals surface area contributed by atoms with Crippen LogP contribution < -0.4 is 15.2 Å². The number of methoxy groups -OCH3 is 1. The first-order valence-corrected chi connectivity index (χ1v) is 12.8. The molecule has 0 amide bonds. The van der Waals surface area contributed by atoms with Crippen molar-refractivity contribution in [3.05, 3.63) is 76.7 Å². The van der Waals surface area contributed by atoms with E-state index in [1.165, 1.54) is 7.11 Å². The van der Waals surface area contributed by atoms with Crippen molar-refractivity contribution < 1.29 is 23.9 Å². The molecule has 0 radical (unpaired) electrons. The first-order valence-electron chi connectivity index (χ1n) is 12.8. The normalized spacial score (nSPS) is 17.8. The molecule has 0 fully saturated rings. The van der Waals surface area contributed by atoms with Crippen LogP contribution in [-0.2, 0) is 11.1 Å². The number of fused-ring (bicyclic) bond motifs is 1. The zero-order valence-corrected chi connectivity index (χ0v) is 22.7. The maximum absolute atomic E-state index is 13.2. The van der Waals surface area contributed by atoms with Crippen molar-refractivity contribution in [2.75, 3.05) is 13.7 Å². The lowest BCUT2D eigenvalue weighted by Crippen LogP contribution is -2.35. The SMILES string of the molecule is COc1cc(C(=O)CCC(C)(O)c2cc3c(c(-c4ccc(C)cc4)n2)OCC3(C)N)ccc1-c1nc(C)no1. The van der Waals surface area contributed by atoms with E-state index in [9.17, 15) is 9.90 Å². The molecule has 0 saturated carbocycles. The molecule has 9 heteroatoms. The fourth-order valence-electron chi connectivity index (χ4n) is 4.66. The molecule has 0 spiro atoms. The summed E-state index contributed by atoms with van der Waals surface area (Å²) in [5.74, 6) is 1.74. The topological polar surface area (TPSA) is 134 Å². The monoisotopic (exact) mass is 528 g/mol. The molecular formula is C30H32N4O5. The predicted molar refractivity (Wildman–Crippen MR) is 146 cm³/mol.